The topological polar surface area (TPSA) is 168 Å². The molecule has 6 heterocycles. The SMILES string of the molecule is Cc1sc2c(c1C)C(c1ccc(Cl)cc1)=N[C@@H](CC(=O)NCCCCCCCCN(C(=O)C1CCCN(c3cncc4ccccc34)C1)c1ccc(=O)n(CC(=O)O)c1)c1nnc(C)n1-2. The van der Waals surface area contributed by atoms with Crippen molar-refractivity contribution in [1.82, 2.24) is 29.6 Å². The molecule has 2 aliphatic rings. The maximum atomic E-state index is 14.4. The van der Waals surface area contributed by atoms with Crippen LogP contribution in [0.2, 0.25) is 5.02 Å². The summed E-state index contributed by atoms with van der Waals surface area (Å²) in [6, 6.07) is 18.2. The molecule has 2 N–H and O–H groups in total. The summed E-state index contributed by atoms with van der Waals surface area (Å²) in [6.45, 7) is 7.97. The molecule has 14 nitrogen and oxygen atoms in total. The molecule has 2 aliphatic heterocycles. The highest BCUT2D eigenvalue weighted by Gasteiger charge is 2.33. The Kier molecular flexibility index (Phi) is 14.2. The Balaban J connectivity index is 0.854. The summed E-state index contributed by atoms with van der Waals surface area (Å²) in [6.07, 6.45) is 12.2. The average molecular weight is 917 g/mol. The maximum Gasteiger partial charge on any atom is 0.323 e. The number of amides is 2. The van der Waals surface area contributed by atoms with Crippen LogP contribution in [0.25, 0.3) is 15.8 Å². The van der Waals surface area contributed by atoms with E-state index in [1.165, 1.54) is 17.1 Å². The number of anilines is 2. The third-order valence-electron chi connectivity index (χ3n) is 12.5. The lowest BCUT2D eigenvalue weighted by molar-refractivity contribution is -0.137. The molecule has 0 aliphatic carbocycles. The number of unbranched alkanes of at least 4 members (excludes halogenated alkanes) is 5. The van der Waals surface area contributed by atoms with E-state index in [0.717, 1.165) is 112 Å². The Hall–Kier alpha value is -6.19. The zero-order chi connectivity index (χ0) is 45.6. The molecule has 338 valence electrons. The summed E-state index contributed by atoms with van der Waals surface area (Å²) < 4.78 is 3.19. The number of aliphatic imine (C=N–C) groups is 1. The number of fused-ring (bicyclic) bond motifs is 4. The van der Waals surface area contributed by atoms with E-state index < -0.39 is 24.1 Å². The largest absolute Gasteiger partial charge is 0.480 e. The van der Waals surface area contributed by atoms with Crippen LogP contribution in [0.3, 0.4) is 0 Å². The molecular weight excluding hydrogens is 862 g/mol. The second-order valence-corrected chi connectivity index (χ2v) is 18.6. The molecule has 2 atom stereocenters. The lowest BCUT2D eigenvalue weighted by Crippen LogP contribution is -2.45. The van der Waals surface area contributed by atoms with Crippen LogP contribution in [0.15, 0.2) is 89.0 Å². The molecule has 65 heavy (non-hydrogen) atoms. The van der Waals surface area contributed by atoms with Crippen molar-refractivity contribution in [2.45, 2.75) is 91.1 Å². The fourth-order valence-electron chi connectivity index (χ4n) is 8.99. The number of aryl methyl sites for hydroxylation is 2. The van der Waals surface area contributed by atoms with E-state index in [0.29, 0.717) is 36.2 Å². The van der Waals surface area contributed by atoms with Crippen LogP contribution in [0.5, 0.6) is 0 Å². The highest BCUT2D eigenvalue weighted by molar-refractivity contribution is 7.15. The first kappa shape index (κ1) is 45.4. The predicted octanol–water partition coefficient (Wildman–Crippen LogP) is 8.39. The Bertz CT molecular complexity index is 2790. The van der Waals surface area contributed by atoms with E-state index in [2.05, 4.69) is 45.3 Å². The van der Waals surface area contributed by atoms with Crippen molar-refractivity contribution in [2.24, 2.45) is 10.9 Å². The predicted molar refractivity (Wildman–Crippen MR) is 256 cm³/mol. The van der Waals surface area contributed by atoms with Gasteiger partial charge in [0.1, 0.15) is 23.4 Å². The Morgan fingerprint density at radius 3 is 2.51 bits per heavy atom. The van der Waals surface area contributed by atoms with Gasteiger partial charge in [0.2, 0.25) is 11.8 Å². The molecule has 1 fully saturated rings. The lowest BCUT2D eigenvalue weighted by atomic mass is 9.95. The molecule has 2 amide bonds. The van der Waals surface area contributed by atoms with Crippen LogP contribution in [0, 0.1) is 26.7 Å². The summed E-state index contributed by atoms with van der Waals surface area (Å²) >= 11 is 7.94. The highest BCUT2D eigenvalue weighted by atomic mass is 35.5. The average Bonchev–Trinajstić information content (AvgIpc) is 3.78. The Morgan fingerprint density at radius 1 is 0.938 bits per heavy atom. The van der Waals surface area contributed by atoms with E-state index in [1.54, 1.807) is 22.3 Å². The summed E-state index contributed by atoms with van der Waals surface area (Å²) in [5.74, 6) is -0.171. The van der Waals surface area contributed by atoms with Gasteiger partial charge < -0.3 is 24.8 Å². The number of aromatic nitrogens is 5. The van der Waals surface area contributed by atoms with Gasteiger partial charge in [0.25, 0.3) is 5.56 Å². The zero-order valence-electron chi connectivity index (χ0n) is 37.0. The Morgan fingerprint density at radius 2 is 1.71 bits per heavy atom. The number of rotatable bonds is 17. The number of pyridine rings is 2. The van der Waals surface area contributed by atoms with Crippen LogP contribution >= 0.6 is 22.9 Å². The number of nitrogens with zero attached hydrogens (tertiary/aromatic N) is 8. The molecular formula is C49H54ClN9O5S. The number of nitrogens with one attached hydrogen (secondary N) is 1. The number of halogens is 1. The van der Waals surface area contributed by atoms with Crippen LogP contribution in [-0.4, -0.2) is 79.1 Å². The van der Waals surface area contributed by atoms with E-state index in [-0.39, 0.29) is 24.2 Å². The van der Waals surface area contributed by atoms with Crippen molar-refractivity contribution < 1.29 is 19.5 Å². The molecule has 0 saturated carbocycles. The second-order valence-electron chi connectivity index (χ2n) is 17.0. The number of aliphatic carboxylic acids is 1. The standard InChI is InChI=1S/C49H54ClN9O5S/c1-31-32(2)65-49-45(31)46(34-16-18-37(50)19-17-34)53-40(47-55-54-33(3)59(47)49)25-42(60)52-22-10-6-4-5-7-11-24-58(38-20-21-43(61)57(29-38)30-44(62)63)48(64)36-14-12-23-56(28-36)41-27-51-26-35-13-8-9-15-39(35)41/h8-9,13,15-21,26-27,29,36,40H,4-7,10-12,14,22-25,28,30H2,1-3H3,(H,52,60)(H,62,63)/t36?,40-/m0/s1. The number of piperidine rings is 1. The minimum absolute atomic E-state index is 0.0356. The van der Waals surface area contributed by atoms with Gasteiger partial charge >= 0.3 is 5.97 Å². The minimum Gasteiger partial charge on any atom is -0.480 e. The van der Waals surface area contributed by atoms with E-state index in [1.807, 2.05) is 66.3 Å². The summed E-state index contributed by atoms with van der Waals surface area (Å²) in [5.41, 5.74) is 4.98. The monoisotopic (exact) mass is 915 g/mol. The van der Waals surface area contributed by atoms with Gasteiger partial charge in [0.15, 0.2) is 5.82 Å². The first-order valence-corrected chi connectivity index (χ1v) is 23.6. The molecule has 6 aromatic rings. The minimum atomic E-state index is -1.13. The van der Waals surface area contributed by atoms with Crippen LogP contribution < -0.4 is 20.7 Å². The van der Waals surface area contributed by atoms with Gasteiger partial charge in [0.05, 0.1) is 35.6 Å². The van der Waals surface area contributed by atoms with Gasteiger partial charge in [-0.05, 0) is 70.2 Å². The highest BCUT2D eigenvalue weighted by Crippen LogP contribution is 2.40. The summed E-state index contributed by atoms with van der Waals surface area (Å²) in [5, 5.41) is 25.3. The zero-order valence-corrected chi connectivity index (χ0v) is 38.6. The third kappa shape index (κ3) is 10.2. The van der Waals surface area contributed by atoms with Crippen LogP contribution in [-0.2, 0) is 20.9 Å². The first-order valence-electron chi connectivity index (χ1n) is 22.4. The van der Waals surface area contributed by atoms with Crippen molar-refractivity contribution in [1.29, 1.82) is 0 Å². The first-order chi connectivity index (χ1) is 31.5. The lowest BCUT2D eigenvalue weighted by Gasteiger charge is -2.36. The van der Waals surface area contributed by atoms with Gasteiger partial charge in [-0.3, -0.25) is 33.7 Å². The van der Waals surface area contributed by atoms with Crippen LogP contribution in [0.4, 0.5) is 11.4 Å². The van der Waals surface area contributed by atoms with Crippen molar-refractivity contribution in [3.63, 3.8) is 0 Å². The number of carbonyl (C=O) groups is 3. The van der Waals surface area contributed by atoms with Gasteiger partial charge in [-0.25, -0.2) is 0 Å². The molecule has 8 rings (SSSR count). The van der Waals surface area contributed by atoms with Crippen molar-refractivity contribution in [3.8, 4) is 5.00 Å². The molecule has 4 aromatic heterocycles. The smallest absolute Gasteiger partial charge is 0.323 e. The maximum absolute atomic E-state index is 14.4. The number of carbonyl (C=O) groups excluding carboxylic acids is 2. The second kappa shape index (κ2) is 20.3. The molecule has 2 aromatic carbocycles. The van der Waals surface area contributed by atoms with E-state index in [9.17, 15) is 24.3 Å². The van der Waals surface area contributed by atoms with Gasteiger partial charge in [-0.2, -0.15) is 0 Å². The van der Waals surface area contributed by atoms with Crippen LogP contribution in [0.1, 0.15) is 97.0 Å². The van der Waals surface area contributed by atoms with E-state index in [4.69, 9.17) is 16.6 Å². The molecule has 1 unspecified atom stereocenters. The number of carboxylic acid groups (broad SMARTS) is 1. The van der Waals surface area contributed by atoms with E-state index >= 15 is 0 Å². The van der Waals surface area contributed by atoms with Gasteiger partial charge in [0, 0.05) is 76.4 Å². The van der Waals surface area contributed by atoms with Gasteiger partial charge in [-0.1, -0.05) is 73.7 Å². The normalized spacial score (nSPS) is 15.8. The fraction of sp³-hybridized carbons (Fsp3) is 0.388. The number of thiophene rings is 1. The Labute approximate surface area is 387 Å². The number of hydrogen-bond donors (Lipinski definition) is 2. The molecule has 16 heteroatoms. The van der Waals surface area contributed by atoms with Crippen molar-refractivity contribution >= 4 is 68.6 Å². The number of benzene rings is 2. The van der Waals surface area contributed by atoms with Crippen molar-refractivity contribution in [2.75, 3.05) is 36.0 Å². The number of hydrogen-bond acceptors (Lipinski definition) is 10. The molecule has 1 saturated heterocycles. The number of carboxylic acids is 1. The summed E-state index contributed by atoms with van der Waals surface area (Å²) in [4.78, 5) is 66.9. The fourth-order valence-corrected chi connectivity index (χ4v) is 10.3. The molecule has 0 spiro atoms. The van der Waals surface area contributed by atoms with Crippen molar-refractivity contribution in [3.05, 3.63) is 128 Å². The summed E-state index contributed by atoms with van der Waals surface area (Å²) in [7, 11) is 0. The third-order valence-corrected chi connectivity index (χ3v) is 13.9. The molecule has 0 radical (unpaired) electrons. The van der Waals surface area contributed by atoms with Gasteiger partial charge in [-0.15, -0.1) is 21.5 Å². The quantitative estimate of drug-likeness (QED) is 0.0855. The molecule has 0 bridgehead atoms.